The van der Waals surface area contributed by atoms with Crippen molar-refractivity contribution in [2.75, 3.05) is 11.5 Å². The lowest BCUT2D eigenvalue weighted by atomic mass is 10.1. The Hall–Kier alpha value is -3.59. The minimum Gasteiger partial charge on any atom is -0.482 e. The number of nitrogens with one attached hydrogen (secondary N) is 1. The van der Waals surface area contributed by atoms with Crippen LogP contribution in [-0.4, -0.2) is 34.6 Å². The molecule has 1 aliphatic rings. The van der Waals surface area contributed by atoms with E-state index in [0.717, 1.165) is 4.90 Å². The predicted molar refractivity (Wildman–Crippen MR) is 102 cm³/mol. The number of nitrogens with zero attached hydrogens (tertiary/aromatic N) is 1. The molecule has 0 atom stereocenters. The molecule has 1 saturated heterocycles. The highest BCUT2D eigenvalue weighted by Crippen LogP contribution is 2.25. The molecule has 0 unspecified atom stereocenters. The molecule has 1 fully saturated rings. The van der Waals surface area contributed by atoms with Crippen LogP contribution in [0, 0.1) is 5.82 Å². The van der Waals surface area contributed by atoms with Gasteiger partial charge in [0.1, 0.15) is 17.1 Å². The van der Waals surface area contributed by atoms with E-state index in [1.807, 2.05) is 0 Å². The Balaban J connectivity index is 1.89. The lowest BCUT2D eigenvalue weighted by Crippen LogP contribution is -2.54. The molecule has 0 radical (unpaired) electrons. The van der Waals surface area contributed by atoms with Gasteiger partial charge in [0.2, 0.25) is 0 Å². The van der Waals surface area contributed by atoms with Crippen molar-refractivity contribution in [1.82, 2.24) is 5.32 Å². The lowest BCUT2D eigenvalue weighted by molar-refractivity contribution is -0.139. The van der Waals surface area contributed by atoms with E-state index in [0.29, 0.717) is 11.3 Å². The number of thiocarbonyl (C=S) groups is 1. The van der Waals surface area contributed by atoms with Crippen LogP contribution in [-0.2, 0) is 14.4 Å². The van der Waals surface area contributed by atoms with Gasteiger partial charge in [-0.25, -0.2) is 14.1 Å². The number of hydrogen-bond acceptors (Lipinski definition) is 5. The summed E-state index contributed by atoms with van der Waals surface area (Å²) in [6.07, 6.45) is 1.33. The van der Waals surface area contributed by atoms with Gasteiger partial charge in [-0.15, -0.1) is 0 Å². The molecule has 0 bridgehead atoms. The molecule has 0 saturated carbocycles. The number of carbonyl (C=O) groups is 3. The molecule has 1 heterocycles. The highest BCUT2D eigenvalue weighted by molar-refractivity contribution is 7.80. The largest absolute Gasteiger partial charge is 0.482 e. The number of rotatable bonds is 5. The quantitative estimate of drug-likeness (QED) is 0.454. The van der Waals surface area contributed by atoms with Gasteiger partial charge in [-0.3, -0.25) is 14.9 Å². The highest BCUT2D eigenvalue weighted by Gasteiger charge is 2.35. The number of carbonyl (C=O) groups excluding carboxylic acids is 2. The van der Waals surface area contributed by atoms with E-state index in [-0.39, 0.29) is 16.4 Å². The Kier molecular flexibility index (Phi) is 5.46. The molecule has 2 amide bonds. The molecular formula is C19H13FN2O5S. The zero-order chi connectivity index (χ0) is 20.3. The Morgan fingerprint density at radius 3 is 2.50 bits per heavy atom. The lowest BCUT2D eigenvalue weighted by Gasteiger charge is -2.29. The second-order valence-electron chi connectivity index (χ2n) is 5.66. The molecule has 0 aliphatic carbocycles. The van der Waals surface area contributed by atoms with E-state index in [9.17, 15) is 18.8 Å². The van der Waals surface area contributed by atoms with Crippen LogP contribution in [0.15, 0.2) is 54.1 Å². The number of halogens is 1. The third-order valence-corrected chi connectivity index (χ3v) is 4.03. The number of para-hydroxylation sites is 1. The number of carboxylic acid groups (broad SMARTS) is 1. The molecule has 2 N–H and O–H groups in total. The predicted octanol–water partition coefficient (Wildman–Crippen LogP) is 2.12. The zero-order valence-corrected chi connectivity index (χ0v) is 15.0. The average molecular weight is 400 g/mol. The summed E-state index contributed by atoms with van der Waals surface area (Å²) >= 11 is 5.02. The number of amides is 2. The summed E-state index contributed by atoms with van der Waals surface area (Å²) in [6, 6.07) is 11.7. The van der Waals surface area contributed by atoms with E-state index >= 15 is 0 Å². The summed E-state index contributed by atoms with van der Waals surface area (Å²) < 4.78 is 19.1. The molecule has 2 aromatic rings. The molecule has 3 rings (SSSR count). The summed E-state index contributed by atoms with van der Waals surface area (Å²) in [7, 11) is 0. The van der Waals surface area contributed by atoms with E-state index in [1.165, 1.54) is 36.4 Å². The molecule has 0 aromatic heterocycles. The number of ether oxygens (including phenoxy) is 1. The molecule has 0 spiro atoms. The van der Waals surface area contributed by atoms with E-state index < -0.39 is 30.2 Å². The molecule has 1 aliphatic heterocycles. The van der Waals surface area contributed by atoms with E-state index in [2.05, 4.69) is 5.32 Å². The summed E-state index contributed by atoms with van der Waals surface area (Å²) in [5, 5.41) is 10.8. The zero-order valence-electron chi connectivity index (χ0n) is 14.2. The van der Waals surface area contributed by atoms with Gasteiger partial charge < -0.3 is 9.84 Å². The molecule has 28 heavy (non-hydrogen) atoms. The van der Waals surface area contributed by atoms with Crippen LogP contribution in [0.25, 0.3) is 6.08 Å². The molecule has 2 aromatic carbocycles. The van der Waals surface area contributed by atoms with Crippen LogP contribution in [0.2, 0.25) is 0 Å². The standard InChI is InChI=1S/C19H13FN2O5S/c20-14-3-1-2-4-15(14)22-18(26)13(17(25)21-19(22)28)9-11-5-7-12(8-6-11)27-10-16(23)24/h1-9H,10H2,(H,23,24)(H,21,25,28). The smallest absolute Gasteiger partial charge is 0.341 e. The van der Waals surface area contributed by atoms with Crippen LogP contribution in [0.4, 0.5) is 10.1 Å². The van der Waals surface area contributed by atoms with Crippen molar-refractivity contribution in [2.24, 2.45) is 0 Å². The van der Waals surface area contributed by atoms with Crippen LogP contribution in [0.1, 0.15) is 5.56 Å². The summed E-state index contributed by atoms with van der Waals surface area (Å²) in [6.45, 7) is -0.490. The fourth-order valence-corrected chi connectivity index (χ4v) is 2.76. The van der Waals surface area contributed by atoms with Crippen LogP contribution >= 0.6 is 12.2 Å². The minimum absolute atomic E-state index is 0.0687. The first kappa shape index (κ1) is 19.2. The SMILES string of the molecule is O=C(O)COc1ccc(C=C2C(=O)NC(=S)N(c3ccccc3F)C2=O)cc1. The molecule has 142 valence electrons. The van der Waals surface area contributed by atoms with Crippen LogP contribution in [0.3, 0.4) is 0 Å². The molecule has 7 nitrogen and oxygen atoms in total. The van der Waals surface area contributed by atoms with Crippen molar-refractivity contribution in [3.63, 3.8) is 0 Å². The maximum atomic E-state index is 14.1. The van der Waals surface area contributed by atoms with E-state index in [4.69, 9.17) is 22.1 Å². The highest BCUT2D eigenvalue weighted by atomic mass is 32.1. The van der Waals surface area contributed by atoms with Gasteiger partial charge >= 0.3 is 5.97 Å². The first-order valence-corrected chi connectivity index (χ1v) is 8.38. The number of hydrogen-bond donors (Lipinski definition) is 2. The topological polar surface area (TPSA) is 95.9 Å². The summed E-state index contributed by atoms with van der Waals surface area (Å²) in [5.41, 5.74) is 0.194. The Morgan fingerprint density at radius 2 is 1.86 bits per heavy atom. The van der Waals surface area contributed by atoms with Crippen molar-refractivity contribution >= 4 is 46.9 Å². The summed E-state index contributed by atoms with van der Waals surface area (Å²) in [4.78, 5) is 36.5. The molecule has 9 heteroatoms. The van der Waals surface area contributed by atoms with E-state index in [1.54, 1.807) is 18.2 Å². The third-order valence-electron chi connectivity index (χ3n) is 3.75. The Labute approximate surface area is 164 Å². The number of anilines is 1. The monoisotopic (exact) mass is 400 g/mol. The van der Waals surface area contributed by atoms with Gasteiger partial charge in [-0.2, -0.15) is 0 Å². The van der Waals surface area contributed by atoms with Gasteiger partial charge in [0.25, 0.3) is 11.8 Å². The van der Waals surface area contributed by atoms with Crippen molar-refractivity contribution in [1.29, 1.82) is 0 Å². The van der Waals surface area contributed by atoms with Crippen LogP contribution in [0.5, 0.6) is 5.75 Å². The van der Waals surface area contributed by atoms with Gasteiger partial charge in [0.05, 0.1) is 5.69 Å². The number of benzene rings is 2. The number of aliphatic carboxylic acids is 1. The fraction of sp³-hybridized carbons (Fsp3) is 0.0526. The van der Waals surface area contributed by atoms with Gasteiger partial charge in [-0.05, 0) is 48.1 Å². The maximum absolute atomic E-state index is 14.1. The van der Waals surface area contributed by atoms with Crippen LogP contribution < -0.4 is 15.0 Å². The van der Waals surface area contributed by atoms with Crippen molar-refractivity contribution in [3.05, 3.63) is 65.5 Å². The minimum atomic E-state index is -1.11. The Morgan fingerprint density at radius 1 is 1.18 bits per heavy atom. The number of carboxylic acids is 1. The van der Waals surface area contributed by atoms with Gasteiger partial charge in [-0.1, -0.05) is 24.3 Å². The first-order chi connectivity index (χ1) is 13.4. The van der Waals surface area contributed by atoms with Gasteiger partial charge in [0, 0.05) is 0 Å². The second-order valence-corrected chi connectivity index (χ2v) is 6.05. The van der Waals surface area contributed by atoms with Crippen molar-refractivity contribution in [2.45, 2.75) is 0 Å². The normalized spacial score (nSPS) is 15.5. The maximum Gasteiger partial charge on any atom is 0.341 e. The second kappa shape index (κ2) is 7.97. The molecular weight excluding hydrogens is 387 g/mol. The summed E-state index contributed by atoms with van der Waals surface area (Å²) in [5.74, 6) is -2.91. The average Bonchev–Trinajstić information content (AvgIpc) is 2.65. The Bertz CT molecular complexity index is 1000. The van der Waals surface area contributed by atoms with Gasteiger partial charge in [0.15, 0.2) is 11.7 Å². The third kappa shape index (κ3) is 4.04. The fourth-order valence-electron chi connectivity index (χ4n) is 2.48. The van der Waals surface area contributed by atoms with Crippen molar-refractivity contribution < 1.29 is 28.6 Å². The first-order valence-electron chi connectivity index (χ1n) is 7.97. The van der Waals surface area contributed by atoms with Crippen molar-refractivity contribution in [3.8, 4) is 5.75 Å².